The van der Waals surface area contributed by atoms with E-state index >= 15 is 0 Å². The van der Waals surface area contributed by atoms with Crippen LogP contribution in [0.2, 0.25) is 0 Å². The van der Waals surface area contributed by atoms with E-state index in [9.17, 15) is 9.59 Å². The summed E-state index contributed by atoms with van der Waals surface area (Å²) in [6.45, 7) is 17.0. The Labute approximate surface area is 185 Å². The molecule has 0 spiro atoms. The zero-order valence-electron chi connectivity index (χ0n) is 20.6. The Kier molecular flexibility index (Phi) is 13.3. The van der Waals surface area contributed by atoms with Gasteiger partial charge in [0.1, 0.15) is 0 Å². The van der Waals surface area contributed by atoms with Gasteiger partial charge in [-0.1, -0.05) is 34.6 Å². The van der Waals surface area contributed by atoms with Crippen molar-refractivity contribution in [3.63, 3.8) is 0 Å². The summed E-state index contributed by atoms with van der Waals surface area (Å²) in [6, 6.07) is 0. The summed E-state index contributed by atoms with van der Waals surface area (Å²) < 4.78 is 0. The molecule has 176 valence electrons. The van der Waals surface area contributed by atoms with E-state index in [1.165, 1.54) is 0 Å². The average Bonchev–Trinajstić information content (AvgIpc) is 2.75. The lowest BCUT2D eigenvalue weighted by molar-refractivity contribution is -0.135. The highest BCUT2D eigenvalue weighted by atomic mass is 16.2. The van der Waals surface area contributed by atoms with Gasteiger partial charge in [-0.3, -0.25) is 14.5 Å². The van der Waals surface area contributed by atoms with Crippen LogP contribution in [0, 0.1) is 17.8 Å². The van der Waals surface area contributed by atoms with Crippen molar-refractivity contribution < 1.29 is 9.59 Å². The molecule has 0 bridgehead atoms. The Morgan fingerprint density at radius 2 is 1.40 bits per heavy atom. The predicted octanol–water partition coefficient (Wildman–Crippen LogP) is 3.08. The van der Waals surface area contributed by atoms with E-state index in [4.69, 9.17) is 0 Å². The van der Waals surface area contributed by atoms with Crippen LogP contribution >= 0.6 is 0 Å². The van der Waals surface area contributed by atoms with Gasteiger partial charge in [0.15, 0.2) is 0 Å². The number of amides is 2. The first-order valence-electron chi connectivity index (χ1n) is 12.4. The number of piperidine rings is 2. The fourth-order valence-electron chi connectivity index (χ4n) is 4.61. The van der Waals surface area contributed by atoms with Crippen LogP contribution in [0.4, 0.5) is 0 Å². The number of nitrogens with zero attached hydrogens (tertiary/aromatic N) is 3. The molecule has 30 heavy (non-hydrogen) atoms. The van der Waals surface area contributed by atoms with Crippen molar-refractivity contribution in [2.24, 2.45) is 17.8 Å². The monoisotopic (exact) mass is 424 g/mol. The van der Waals surface area contributed by atoms with Gasteiger partial charge in [0.2, 0.25) is 11.8 Å². The molecule has 0 saturated carbocycles. The van der Waals surface area contributed by atoms with Crippen LogP contribution < -0.4 is 5.32 Å². The number of likely N-dealkylation sites (N-methyl/N-ethyl adjacent to an activating group) is 1. The minimum atomic E-state index is 0.246. The lowest BCUT2D eigenvalue weighted by Gasteiger charge is -2.40. The standard InChI is InChI=1S/C22H42N4O2.C2H6/c1-5-10-24(4)17-22(28)26-13-8-20(9-14-26)19-6-11-25(12-7-19)21(27)16-23-15-18(2)3;1-2/h18-20,23H,5-17H2,1-4H3;1-2H3. The number of rotatable bonds is 9. The summed E-state index contributed by atoms with van der Waals surface area (Å²) in [4.78, 5) is 31.0. The highest BCUT2D eigenvalue weighted by molar-refractivity contribution is 5.78. The fourth-order valence-corrected chi connectivity index (χ4v) is 4.61. The van der Waals surface area contributed by atoms with E-state index in [0.29, 0.717) is 30.8 Å². The zero-order valence-corrected chi connectivity index (χ0v) is 20.6. The van der Waals surface area contributed by atoms with Gasteiger partial charge in [0.25, 0.3) is 0 Å². The van der Waals surface area contributed by atoms with Crippen molar-refractivity contribution in [2.45, 2.75) is 66.7 Å². The molecule has 2 heterocycles. The van der Waals surface area contributed by atoms with Crippen molar-refractivity contribution in [3.05, 3.63) is 0 Å². The van der Waals surface area contributed by atoms with E-state index in [2.05, 4.69) is 35.9 Å². The molecule has 0 radical (unpaired) electrons. The molecule has 2 aliphatic heterocycles. The van der Waals surface area contributed by atoms with E-state index in [0.717, 1.165) is 71.4 Å². The highest BCUT2D eigenvalue weighted by Crippen LogP contribution is 2.32. The normalized spacial score (nSPS) is 18.5. The Bertz CT molecular complexity index is 482. The first kappa shape index (κ1) is 26.9. The van der Waals surface area contributed by atoms with Crippen molar-refractivity contribution in [1.29, 1.82) is 0 Å². The summed E-state index contributed by atoms with van der Waals surface area (Å²) in [5.41, 5.74) is 0. The molecule has 6 nitrogen and oxygen atoms in total. The molecule has 2 fully saturated rings. The molecule has 2 saturated heterocycles. The Balaban J connectivity index is 0.00000218. The molecule has 0 aromatic rings. The lowest BCUT2D eigenvalue weighted by atomic mass is 9.78. The SMILES string of the molecule is CC.CCCN(C)CC(=O)N1CCC(C2CCN(C(=O)CNCC(C)C)CC2)CC1. The smallest absolute Gasteiger partial charge is 0.236 e. The van der Waals surface area contributed by atoms with Gasteiger partial charge in [-0.2, -0.15) is 0 Å². The van der Waals surface area contributed by atoms with Crippen LogP contribution in [0.25, 0.3) is 0 Å². The first-order valence-corrected chi connectivity index (χ1v) is 12.4. The molecule has 0 atom stereocenters. The third kappa shape index (κ3) is 9.34. The second-order valence-electron chi connectivity index (χ2n) is 9.20. The topological polar surface area (TPSA) is 55.9 Å². The predicted molar refractivity (Wildman–Crippen MR) is 125 cm³/mol. The molecule has 6 heteroatoms. The highest BCUT2D eigenvalue weighted by Gasteiger charge is 2.31. The molecular formula is C24H48N4O2. The number of carbonyl (C=O) groups is 2. The molecule has 0 aliphatic carbocycles. The lowest BCUT2D eigenvalue weighted by Crippen LogP contribution is -2.47. The molecule has 2 aliphatic rings. The summed E-state index contributed by atoms with van der Waals surface area (Å²) in [6.07, 6.45) is 5.57. The molecular weight excluding hydrogens is 376 g/mol. The van der Waals surface area contributed by atoms with Crippen molar-refractivity contribution in [3.8, 4) is 0 Å². The maximum Gasteiger partial charge on any atom is 0.236 e. The quantitative estimate of drug-likeness (QED) is 0.618. The molecule has 0 aromatic carbocycles. The van der Waals surface area contributed by atoms with Gasteiger partial charge in [0, 0.05) is 26.2 Å². The Morgan fingerprint density at radius 3 is 1.83 bits per heavy atom. The third-order valence-electron chi connectivity index (χ3n) is 6.29. The third-order valence-corrected chi connectivity index (χ3v) is 6.29. The van der Waals surface area contributed by atoms with Crippen molar-refractivity contribution in [2.75, 3.05) is 59.4 Å². The number of nitrogens with one attached hydrogen (secondary N) is 1. The summed E-state index contributed by atoms with van der Waals surface area (Å²) in [5.74, 6) is 2.53. The van der Waals surface area contributed by atoms with E-state index in [1.54, 1.807) is 0 Å². The Morgan fingerprint density at radius 1 is 0.933 bits per heavy atom. The summed E-state index contributed by atoms with van der Waals surface area (Å²) >= 11 is 0. The number of hydrogen-bond donors (Lipinski definition) is 1. The van der Waals surface area contributed by atoms with Gasteiger partial charge in [-0.25, -0.2) is 0 Å². The van der Waals surface area contributed by atoms with Crippen molar-refractivity contribution in [1.82, 2.24) is 20.0 Å². The van der Waals surface area contributed by atoms with Crippen molar-refractivity contribution >= 4 is 11.8 Å². The minimum Gasteiger partial charge on any atom is -0.342 e. The summed E-state index contributed by atoms with van der Waals surface area (Å²) in [7, 11) is 2.03. The molecule has 2 amide bonds. The molecule has 2 rings (SSSR count). The number of likely N-dealkylation sites (tertiary alicyclic amines) is 2. The minimum absolute atomic E-state index is 0.246. The van der Waals surface area contributed by atoms with Crippen LogP contribution in [-0.2, 0) is 9.59 Å². The van der Waals surface area contributed by atoms with Crippen LogP contribution in [0.3, 0.4) is 0 Å². The number of hydrogen-bond acceptors (Lipinski definition) is 4. The van der Waals surface area contributed by atoms with E-state index in [1.807, 2.05) is 25.8 Å². The van der Waals surface area contributed by atoms with Gasteiger partial charge in [-0.15, -0.1) is 0 Å². The second kappa shape index (κ2) is 14.8. The van der Waals surface area contributed by atoms with Crippen LogP contribution in [0.1, 0.15) is 66.7 Å². The van der Waals surface area contributed by atoms with Gasteiger partial charge in [0.05, 0.1) is 13.1 Å². The number of carbonyl (C=O) groups excluding carboxylic acids is 2. The van der Waals surface area contributed by atoms with Gasteiger partial charge in [-0.05, 0) is 70.0 Å². The first-order chi connectivity index (χ1) is 14.4. The molecule has 0 unspecified atom stereocenters. The van der Waals surface area contributed by atoms with E-state index in [-0.39, 0.29) is 11.8 Å². The van der Waals surface area contributed by atoms with Crippen LogP contribution in [0.15, 0.2) is 0 Å². The van der Waals surface area contributed by atoms with Crippen LogP contribution in [-0.4, -0.2) is 85.9 Å². The Hall–Kier alpha value is -1.14. The molecule has 1 N–H and O–H groups in total. The van der Waals surface area contributed by atoms with Gasteiger partial charge >= 0.3 is 0 Å². The van der Waals surface area contributed by atoms with Crippen LogP contribution in [0.5, 0.6) is 0 Å². The van der Waals surface area contributed by atoms with E-state index < -0.39 is 0 Å². The summed E-state index contributed by atoms with van der Waals surface area (Å²) in [5, 5.41) is 3.26. The largest absolute Gasteiger partial charge is 0.342 e. The maximum absolute atomic E-state index is 12.4. The zero-order chi connectivity index (χ0) is 22.5. The van der Waals surface area contributed by atoms with Gasteiger partial charge < -0.3 is 15.1 Å². The maximum atomic E-state index is 12.4. The molecule has 0 aromatic heterocycles. The average molecular weight is 425 g/mol. The second-order valence-corrected chi connectivity index (χ2v) is 9.20. The fraction of sp³-hybridized carbons (Fsp3) is 0.917.